The minimum Gasteiger partial charge on any atom is -0.429 e. The van der Waals surface area contributed by atoms with Crippen molar-refractivity contribution >= 4 is 6.16 Å². The number of carbonyl (C=O) groups is 1. The number of benzene rings is 3. The summed E-state index contributed by atoms with van der Waals surface area (Å²) in [7, 11) is 0. The van der Waals surface area contributed by atoms with E-state index in [0.717, 1.165) is 16.7 Å². The van der Waals surface area contributed by atoms with Gasteiger partial charge in [-0.2, -0.15) is 0 Å². The van der Waals surface area contributed by atoms with E-state index in [1.165, 1.54) is 0 Å². The zero-order chi connectivity index (χ0) is 22.9. The average Bonchev–Trinajstić information content (AvgIpc) is 2.88. The summed E-state index contributed by atoms with van der Waals surface area (Å²) < 4.78 is 23.7. The number of carbonyl (C=O) groups excluding carboxylic acids is 1. The molecule has 5 nitrogen and oxygen atoms in total. The van der Waals surface area contributed by atoms with Gasteiger partial charge in [0.15, 0.2) is 6.10 Å². The van der Waals surface area contributed by atoms with Crippen molar-refractivity contribution in [1.82, 2.24) is 0 Å². The minimum absolute atomic E-state index is 0.146. The van der Waals surface area contributed by atoms with E-state index in [-0.39, 0.29) is 25.4 Å². The monoisotopic (exact) mass is 444 g/mol. The normalized spacial score (nSPS) is 21.4. The van der Waals surface area contributed by atoms with E-state index in [1.54, 1.807) is 6.08 Å². The summed E-state index contributed by atoms with van der Waals surface area (Å²) in [5.74, 6) is 0. The molecule has 0 amide bonds. The topological polar surface area (TPSA) is 54.0 Å². The van der Waals surface area contributed by atoms with Crippen molar-refractivity contribution in [2.24, 2.45) is 0 Å². The van der Waals surface area contributed by atoms with Crippen LogP contribution in [0, 0.1) is 0 Å². The molecule has 33 heavy (non-hydrogen) atoms. The maximum atomic E-state index is 12.4. The van der Waals surface area contributed by atoms with Crippen LogP contribution in [-0.2, 0) is 25.6 Å². The predicted octanol–water partition coefficient (Wildman–Crippen LogP) is 6.18. The van der Waals surface area contributed by atoms with Crippen molar-refractivity contribution in [3.8, 4) is 0 Å². The Bertz CT molecular complexity index is 1020. The summed E-state index contributed by atoms with van der Waals surface area (Å²) in [6.45, 7) is 2.30. The standard InChI is InChI=1S/C28H28O5/c1-2-12-24(33-28(29)31-19-21-13-6-3-7-14-21)25-20-30-26(22-15-8-4-9-16-22)27(32-25)23-17-10-5-11-18-23/h2-18,24-27H,19-20H2,1H3/b12-2+/t24-,25-,26-,27-/m0/s1. The zero-order valence-electron chi connectivity index (χ0n) is 18.6. The highest BCUT2D eigenvalue weighted by molar-refractivity contribution is 5.60. The van der Waals surface area contributed by atoms with Crippen LogP contribution in [0.4, 0.5) is 4.79 Å². The fourth-order valence-electron chi connectivity index (χ4n) is 3.86. The van der Waals surface area contributed by atoms with E-state index in [0.29, 0.717) is 0 Å². The smallest absolute Gasteiger partial charge is 0.429 e. The lowest BCUT2D eigenvalue weighted by Crippen LogP contribution is -2.42. The molecule has 0 aromatic heterocycles. The molecule has 170 valence electrons. The van der Waals surface area contributed by atoms with Crippen molar-refractivity contribution in [2.75, 3.05) is 6.61 Å². The van der Waals surface area contributed by atoms with Crippen LogP contribution >= 0.6 is 0 Å². The number of hydrogen-bond acceptors (Lipinski definition) is 5. The maximum Gasteiger partial charge on any atom is 0.509 e. The van der Waals surface area contributed by atoms with Crippen molar-refractivity contribution in [3.05, 3.63) is 120 Å². The molecule has 0 spiro atoms. The molecule has 1 heterocycles. The number of ether oxygens (including phenoxy) is 4. The second kappa shape index (κ2) is 11.5. The van der Waals surface area contributed by atoms with Crippen molar-refractivity contribution < 1.29 is 23.7 Å². The SMILES string of the molecule is C/C=C/[C@H](OC(=O)OCc1ccccc1)[C@@H]1CO[C@@H](c2ccccc2)[C@H](c2ccccc2)O1. The van der Waals surface area contributed by atoms with Crippen LogP contribution in [0.5, 0.6) is 0 Å². The van der Waals surface area contributed by atoms with Gasteiger partial charge in [0.2, 0.25) is 0 Å². The summed E-state index contributed by atoms with van der Waals surface area (Å²) in [5, 5.41) is 0. The third-order valence-electron chi connectivity index (χ3n) is 5.47. The number of rotatable bonds is 7. The Morgan fingerprint density at radius 1 is 0.909 bits per heavy atom. The fraction of sp³-hybridized carbons (Fsp3) is 0.250. The summed E-state index contributed by atoms with van der Waals surface area (Å²) in [4.78, 5) is 12.4. The van der Waals surface area contributed by atoms with Gasteiger partial charge in [-0.3, -0.25) is 0 Å². The van der Waals surface area contributed by atoms with Crippen molar-refractivity contribution in [2.45, 2.75) is 37.9 Å². The molecule has 0 saturated carbocycles. The van der Waals surface area contributed by atoms with E-state index < -0.39 is 18.4 Å². The van der Waals surface area contributed by atoms with Crippen LogP contribution in [0.3, 0.4) is 0 Å². The van der Waals surface area contributed by atoms with Gasteiger partial charge < -0.3 is 18.9 Å². The van der Waals surface area contributed by atoms with Crippen LogP contribution in [0.25, 0.3) is 0 Å². The van der Waals surface area contributed by atoms with Gasteiger partial charge in [-0.25, -0.2) is 4.79 Å². The molecule has 1 aliphatic rings. The lowest BCUT2D eigenvalue weighted by molar-refractivity contribution is -0.207. The van der Waals surface area contributed by atoms with E-state index >= 15 is 0 Å². The highest BCUT2D eigenvalue weighted by Crippen LogP contribution is 2.40. The van der Waals surface area contributed by atoms with Crippen LogP contribution < -0.4 is 0 Å². The van der Waals surface area contributed by atoms with Gasteiger partial charge in [-0.1, -0.05) is 97.1 Å². The van der Waals surface area contributed by atoms with Gasteiger partial charge in [-0.15, -0.1) is 0 Å². The summed E-state index contributed by atoms with van der Waals surface area (Å²) in [6, 6.07) is 29.5. The summed E-state index contributed by atoms with van der Waals surface area (Å²) in [6.07, 6.45) is 1.16. The maximum absolute atomic E-state index is 12.4. The Morgan fingerprint density at radius 3 is 2.09 bits per heavy atom. The molecule has 0 unspecified atom stereocenters. The van der Waals surface area contributed by atoms with Crippen LogP contribution in [0.2, 0.25) is 0 Å². The van der Waals surface area contributed by atoms with Gasteiger partial charge in [0.25, 0.3) is 0 Å². The summed E-state index contributed by atoms with van der Waals surface area (Å²) >= 11 is 0. The average molecular weight is 445 g/mol. The molecule has 0 N–H and O–H groups in total. The fourth-order valence-corrected chi connectivity index (χ4v) is 3.86. The molecule has 1 aliphatic heterocycles. The first-order chi connectivity index (χ1) is 16.2. The largest absolute Gasteiger partial charge is 0.509 e. The third kappa shape index (κ3) is 6.09. The van der Waals surface area contributed by atoms with E-state index in [9.17, 15) is 4.79 Å². The van der Waals surface area contributed by atoms with Crippen molar-refractivity contribution in [3.63, 3.8) is 0 Å². The number of hydrogen-bond donors (Lipinski definition) is 0. The van der Waals surface area contributed by atoms with Crippen LogP contribution in [-0.4, -0.2) is 25.0 Å². The van der Waals surface area contributed by atoms with Crippen LogP contribution in [0.1, 0.15) is 35.8 Å². The van der Waals surface area contributed by atoms with Gasteiger partial charge in [-0.05, 0) is 29.7 Å². The summed E-state index contributed by atoms with van der Waals surface area (Å²) in [5.41, 5.74) is 2.93. The van der Waals surface area contributed by atoms with Gasteiger partial charge in [0.05, 0.1) is 6.61 Å². The zero-order valence-corrected chi connectivity index (χ0v) is 18.6. The third-order valence-corrected chi connectivity index (χ3v) is 5.47. The minimum atomic E-state index is -0.744. The first kappa shape index (κ1) is 22.8. The number of allylic oxidation sites excluding steroid dienone is 1. The van der Waals surface area contributed by atoms with Gasteiger partial charge >= 0.3 is 6.16 Å². The Morgan fingerprint density at radius 2 is 1.48 bits per heavy atom. The van der Waals surface area contributed by atoms with Crippen LogP contribution in [0.15, 0.2) is 103 Å². The van der Waals surface area contributed by atoms with E-state index in [1.807, 2.05) is 104 Å². The lowest BCUT2D eigenvalue weighted by atomic mass is 9.96. The molecule has 3 aromatic carbocycles. The highest BCUT2D eigenvalue weighted by atomic mass is 16.7. The Labute approximate surface area is 194 Å². The Balaban J connectivity index is 1.47. The molecule has 4 atom stereocenters. The Hall–Kier alpha value is -3.41. The molecule has 0 radical (unpaired) electrons. The van der Waals surface area contributed by atoms with Gasteiger partial charge in [0, 0.05) is 0 Å². The lowest BCUT2D eigenvalue weighted by Gasteiger charge is -2.39. The van der Waals surface area contributed by atoms with E-state index in [2.05, 4.69) is 0 Å². The Kier molecular flexibility index (Phi) is 7.90. The molecular formula is C28H28O5. The molecule has 3 aromatic rings. The molecule has 1 saturated heterocycles. The predicted molar refractivity (Wildman–Crippen MR) is 126 cm³/mol. The highest BCUT2D eigenvalue weighted by Gasteiger charge is 2.38. The quantitative estimate of drug-likeness (QED) is 0.322. The molecule has 5 heteroatoms. The molecule has 1 fully saturated rings. The second-order valence-electron chi connectivity index (χ2n) is 7.80. The molecule has 4 rings (SSSR count). The first-order valence-corrected chi connectivity index (χ1v) is 11.1. The molecule has 0 bridgehead atoms. The second-order valence-corrected chi connectivity index (χ2v) is 7.80. The van der Waals surface area contributed by atoms with E-state index in [4.69, 9.17) is 18.9 Å². The molecule has 0 aliphatic carbocycles. The van der Waals surface area contributed by atoms with Gasteiger partial charge in [0.1, 0.15) is 24.9 Å². The van der Waals surface area contributed by atoms with Crippen molar-refractivity contribution in [1.29, 1.82) is 0 Å². The molecular weight excluding hydrogens is 416 g/mol. The first-order valence-electron chi connectivity index (χ1n) is 11.1.